The molecule has 2 atom stereocenters. The first-order chi connectivity index (χ1) is 11.0. The molecule has 23 heavy (non-hydrogen) atoms. The molecule has 1 aromatic rings. The molecule has 0 fully saturated rings. The summed E-state index contributed by atoms with van der Waals surface area (Å²) in [5.41, 5.74) is 9.02. The van der Waals surface area contributed by atoms with Gasteiger partial charge in [0.2, 0.25) is 11.7 Å². The largest absolute Gasteiger partial charge is 0.480 e. The number of amides is 1. The van der Waals surface area contributed by atoms with Gasteiger partial charge in [-0.2, -0.15) is 4.79 Å². The highest BCUT2D eigenvalue weighted by Gasteiger charge is 2.26. The van der Waals surface area contributed by atoms with E-state index in [0.717, 1.165) is 5.56 Å². The van der Waals surface area contributed by atoms with Crippen molar-refractivity contribution in [3.63, 3.8) is 0 Å². The Morgan fingerprint density at radius 3 is 2.52 bits per heavy atom. The van der Waals surface area contributed by atoms with E-state index in [1.54, 1.807) is 30.5 Å². The van der Waals surface area contributed by atoms with Crippen LogP contribution in [0.15, 0.2) is 30.3 Å². The van der Waals surface area contributed by atoms with Crippen molar-refractivity contribution < 1.29 is 24.3 Å². The van der Waals surface area contributed by atoms with Crippen molar-refractivity contribution in [1.82, 2.24) is 5.32 Å². The van der Waals surface area contributed by atoms with E-state index in [1.165, 1.54) is 11.8 Å². The topological polar surface area (TPSA) is 120 Å². The maximum atomic E-state index is 12.3. The second-order valence-corrected chi connectivity index (χ2v) is 5.62. The number of aliphatic carboxylic acids is 1. The van der Waals surface area contributed by atoms with Gasteiger partial charge in [0.05, 0.1) is 0 Å². The minimum atomic E-state index is -1.22. The van der Waals surface area contributed by atoms with Crippen LogP contribution in [0, 0.1) is 0 Å². The van der Waals surface area contributed by atoms with Crippen molar-refractivity contribution in [3.05, 3.63) is 41.4 Å². The summed E-state index contributed by atoms with van der Waals surface area (Å²) in [5, 5.41) is 11.1. The molecule has 0 aliphatic heterocycles. The lowest BCUT2D eigenvalue weighted by molar-refractivity contribution is -0.142. The molecule has 0 saturated carbocycles. The number of carbonyl (C=O) groups is 3. The Balaban J connectivity index is 2.74. The Bertz CT molecular complexity index is 614. The number of benzene rings is 1. The van der Waals surface area contributed by atoms with Gasteiger partial charge >= 0.3 is 12.2 Å². The van der Waals surface area contributed by atoms with E-state index < -0.39 is 29.0 Å². The normalized spacial score (nSPS) is 12.6. The molecule has 0 spiro atoms. The first-order valence-corrected chi connectivity index (χ1v) is 8.09. The number of hydrogen-bond acceptors (Lipinski definition) is 4. The molecular formula is C15H17N3O4S. The van der Waals surface area contributed by atoms with Gasteiger partial charge < -0.3 is 16.0 Å². The SMILES string of the molecule is CS[C@H](C(=O)N[C@@H](CCC(=O)C=[N+]=[N-])C(=O)O)c1ccccc1. The van der Waals surface area contributed by atoms with Crippen LogP contribution in [-0.2, 0) is 14.4 Å². The van der Waals surface area contributed by atoms with Crippen LogP contribution in [0.2, 0.25) is 0 Å². The van der Waals surface area contributed by atoms with Crippen LogP contribution < -0.4 is 5.32 Å². The monoisotopic (exact) mass is 335 g/mol. The van der Waals surface area contributed by atoms with Gasteiger partial charge in [-0.1, -0.05) is 30.3 Å². The van der Waals surface area contributed by atoms with Crippen molar-refractivity contribution in [2.45, 2.75) is 24.1 Å². The Labute approximate surface area is 137 Å². The predicted molar refractivity (Wildman–Crippen MR) is 86.2 cm³/mol. The lowest BCUT2D eigenvalue weighted by atomic mass is 10.1. The molecule has 1 aromatic carbocycles. The van der Waals surface area contributed by atoms with Gasteiger partial charge in [-0.3, -0.25) is 9.59 Å². The van der Waals surface area contributed by atoms with E-state index in [0.29, 0.717) is 6.21 Å². The van der Waals surface area contributed by atoms with E-state index in [-0.39, 0.29) is 12.8 Å². The summed E-state index contributed by atoms with van der Waals surface area (Å²) in [6, 6.07) is 7.82. The number of nitrogens with one attached hydrogen (secondary N) is 1. The van der Waals surface area contributed by atoms with Gasteiger partial charge in [0, 0.05) is 6.42 Å². The maximum absolute atomic E-state index is 12.3. The average molecular weight is 335 g/mol. The summed E-state index contributed by atoms with van der Waals surface area (Å²) in [4.78, 5) is 37.4. The van der Waals surface area contributed by atoms with Gasteiger partial charge in [0.15, 0.2) is 0 Å². The molecule has 1 amide bonds. The van der Waals surface area contributed by atoms with Crippen LogP contribution in [0.5, 0.6) is 0 Å². The molecule has 8 heteroatoms. The maximum Gasteiger partial charge on any atom is 0.326 e. The Kier molecular flexibility index (Phi) is 7.73. The Morgan fingerprint density at radius 1 is 1.35 bits per heavy atom. The molecule has 1 rings (SSSR count). The van der Waals surface area contributed by atoms with E-state index in [1.807, 2.05) is 6.07 Å². The fourth-order valence-electron chi connectivity index (χ4n) is 1.94. The smallest absolute Gasteiger partial charge is 0.326 e. The van der Waals surface area contributed by atoms with Crippen LogP contribution in [0.1, 0.15) is 23.7 Å². The minimum absolute atomic E-state index is 0.0815. The molecule has 2 N–H and O–H groups in total. The van der Waals surface area contributed by atoms with Crippen LogP contribution in [-0.4, -0.2) is 46.1 Å². The van der Waals surface area contributed by atoms with Gasteiger partial charge in [-0.05, 0) is 18.2 Å². The molecule has 122 valence electrons. The molecule has 0 unspecified atom stereocenters. The van der Waals surface area contributed by atoms with Crippen LogP contribution in [0.4, 0.5) is 0 Å². The van der Waals surface area contributed by atoms with Crippen molar-refractivity contribution in [3.8, 4) is 0 Å². The van der Waals surface area contributed by atoms with E-state index >= 15 is 0 Å². The van der Waals surface area contributed by atoms with Gasteiger partial charge in [0.25, 0.3) is 0 Å². The molecule has 7 nitrogen and oxygen atoms in total. The first-order valence-electron chi connectivity index (χ1n) is 6.80. The van der Waals surface area contributed by atoms with Crippen LogP contribution in [0.25, 0.3) is 5.53 Å². The summed E-state index contributed by atoms with van der Waals surface area (Å²) >= 11 is 1.29. The number of carboxylic acids is 1. The highest BCUT2D eigenvalue weighted by atomic mass is 32.2. The number of ketones is 1. The number of thioether (sulfide) groups is 1. The lowest BCUT2D eigenvalue weighted by Crippen LogP contribution is -2.42. The molecule has 0 saturated heterocycles. The molecule has 0 bridgehead atoms. The minimum Gasteiger partial charge on any atom is -0.480 e. The number of Topliss-reactive ketones (excluding diaryl/α,β-unsaturated/α-hetero) is 1. The average Bonchev–Trinajstić information content (AvgIpc) is 2.53. The molecule has 0 heterocycles. The standard InChI is InChI=1S/C15H17N3O4S/c1-23-13(10-5-3-2-4-6-10)14(20)18-12(15(21)22)8-7-11(19)9-17-16/h2-6,9,12-13H,7-8H2,1H3,(H,18,20)(H,21,22)/t12-,13-/m0/s1. The zero-order valence-corrected chi connectivity index (χ0v) is 13.3. The Hall–Kier alpha value is -2.44. The fourth-order valence-corrected chi connectivity index (χ4v) is 2.65. The molecule has 0 radical (unpaired) electrons. The van der Waals surface area contributed by atoms with E-state index in [9.17, 15) is 19.5 Å². The van der Waals surface area contributed by atoms with Gasteiger partial charge in [0.1, 0.15) is 11.3 Å². The fraction of sp³-hybridized carbons (Fsp3) is 0.333. The number of hydrogen-bond donors (Lipinski definition) is 2. The van der Waals surface area contributed by atoms with Crippen molar-refractivity contribution in [1.29, 1.82) is 0 Å². The highest BCUT2D eigenvalue weighted by Crippen LogP contribution is 2.26. The molecule has 0 aliphatic carbocycles. The zero-order chi connectivity index (χ0) is 17.2. The van der Waals surface area contributed by atoms with Crippen LogP contribution in [0.3, 0.4) is 0 Å². The highest BCUT2D eigenvalue weighted by molar-refractivity contribution is 7.99. The quantitative estimate of drug-likeness (QED) is 0.400. The van der Waals surface area contributed by atoms with E-state index in [2.05, 4.69) is 10.1 Å². The number of carbonyl (C=O) groups excluding carboxylic acids is 2. The number of carboxylic acid groups (broad SMARTS) is 1. The third kappa shape index (κ3) is 6.06. The number of nitrogens with zero attached hydrogens (tertiary/aromatic N) is 2. The summed E-state index contributed by atoms with van der Waals surface area (Å²) in [5.74, 6) is -2.17. The third-order valence-electron chi connectivity index (χ3n) is 3.07. The van der Waals surface area contributed by atoms with Gasteiger partial charge in [-0.15, -0.1) is 11.8 Å². The van der Waals surface area contributed by atoms with Crippen molar-refractivity contribution in [2.24, 2.45) is 0 Å². The van der Waals surface area contributed by atoms with Crippen molar-refractivity contribution >= 4 is 35.6 Å². The number of rotatable bonds is 9. The summed E-state index contributed by atoms with van der Waals surface area (Å²) in [7, 11) is 0. The zero-order valence-electron chi connectivity index (χ0n) is 12.5. The molecule has 0 aliphatic rings. The summed E-state index contributed by atoms with van der Waals surface area (Å²) in [6.07, 6.45) is 2.24. The molecule has 0 aromatic heterocycles. The third-order valence-corrected chi connectivity index (χ3v) is 4.03. The molecular weight excluding hydrogens is 318 g/mol. The summed E-state index contributed by atoms with van der Waals surface area (Å²) in [6.45, 7) is 0. The van der Waals surface area contributed by atoms with Gasteiger partial charge in [-0.25, -0.2) is 4.79 Å². The second kappa shape index (κ2) is 9.55. The van der Waals surface area contributed by atoms with E-state index in [4.69, 9.17) is 5.53 Å². The summed E-state index contributed by atoms with van der Waals surface area (Å²) < 4.78 is 0. The Morgan fingerprint density at radius 2 is 2.00 bits per heavy atom. The second-order valence-electron chi connectivity index (χ2n) is 4.68. The predicted octanol–water partition coefficient (Wildman–Crippen LogP) is 1.31. The lowest BCUT2D eigenvalue weighted by Gasteiger charge is -2.19. The van der Waals surface area contributed by atoms with Crippen LogP contribution >= 0.6 is 11.8 Å². The first kappa shape index (κ1) is 18.6. The van der Waals surface area contributed by atoms with Crippen molar-refractivity contribution in [2.75, 3.05) is 6.26 Å².